The van der Waals surface area contributed by atoms with Gasteiger partial charge < -0.3 is 19.7 Å². The van der Waals surface area contributed by atoms with E-state index in [-0.39, 0.29) is 19.6 Å². The van der Waals surface area contributed by atoms with Crippen molar-refractivity contribution in [2.45, 2.75) is 341 Å². The SMILES string of the molecule is CCCCCCCCCCCCCCCCCCCCC/C=C/CCCCCCCCCCCCCCCCCCCCCCCCCCCCCCCC1CC(=O)OCC(CO)(CO)COC1=O. The van der Waals surface area contributed by atoms with Crippen LogP contribution in [0.25, 0.3) is 0 Å². The molecule has 1 unspecified atom stereocenters. The lowest BCUT2D eigenvalue weighted by atomic mass is 9.92. The summed E-state index contributed by atoms with van der Waals surface area (Å²) in [4.78, 5) is 24.7. The molecule has 0 radical (unpaired) electrons. The van der Waals surface area contributed by atoms with Gasteiger partial charge in [0.15, 0.2) is 0 Å². The van der Waals surface area contributed by atoms with Crippen LogP contribution in [-0.2, 0) is 19.1 Å². The number of hydrogen-bond acceptors (Lipinski definition) is 6. The van der Waals surface area contributed by atoms with Crippen molar-refractivity contribution in [1.29, 1.82) is 0 Å². The van der Waals surface area contributed by atoms with E-state index in [4.69, 9.17) is 9.47 Å². The number of unbranched alkanes of at least 4 members (excludes halogenated alkanes) is 48. The molecule has 1 saturated heterocycles. The first-order chi connectivity index (χ1) is 34.1. The third kappa shape index (κ3) is 45.0. The van der Waals surface area contributed by atoms with Crippen molar-refractivity contribution < 1.29 is 29.3 Å². The van der Waals surface area contributed by atoms with E-state index in [0.29, 0.717) is 6.42 Å². The van der Waals surface area contributed by atoms with Gasteiger partial charge >= 0.3 is 11.9 Å². The second-order valence-electron chi connectivity index (χ2n) is 22.4. The molecule has 408 valence electrons. The lowest BCUT2D eigenvalue weighted by Gasteiger charge is -2.27. The number of allylic oxidation sites excluding steroid dienone is 2. The second kappa shape index (κ2) is 52.9. The molecular formula is C63H120O6. The van der Waals surface area contributed by atoms with Gasteiger partial charge in [0.05, 0.1) is 31.0 Å². The van der Waals surface area contributed by atoms with Crippen LogP contribution in [0.15, 0.2) is 12.2 Å². The van der Waals surface area contributed by atoms with Crippen molar-refractivity contribution in [2.75, 3.05) is 26.4 Å². The number of cyclic esters (lactones) is 2. The molecule has 0 aliphatic carbocycles. The number of rotatable bonds is 54. The molecule has 1 rings (SSSR count). The zero-order valence-electron chi connectivity index (χ0n) is 46.4. The number of esters is 2. The van der Waals surface area contributed by atoms with Gasteiger partial charge in [0.1, 0.15) is 13.2 Å². The van der Waals surface area contributed by atoms with E-state index >= 15 is 0 Å². The number of carbonyl (C=O) groups is 2. The van der Waals surface area contributed by atoms with Crippen molar-refractivity contribution in [3.05, 3.63) is 12.2 Å². The fourth-order valence-electron chi connectivity index (χ4n) is 10.4. The van der Waals surface area contributed by atoms with Crippen LogP contribution in [0.5, 0.6) is 0 Å². The molecule has 0 aromatic rings. The molecule has 1 aliphatic heterocycles. The molecule has 0 saturated carbocycles. The number of ether oxygens (including phenoxy) is 2. The molecule has 6 heteroatoms. The average Bonchev–Trinajstić information content (AvgIpc) is 3.41. The minimum atomic E-state index is -1.12. The molecule has 0 bridgehead atoms. The maximum Gasteiger partial charge on any atom is 0.309 e. The maximum atomic E-state index is 12.5. The average molecular weight is 974 g/mol. The number of hydrogen-bond donors (Lipinski definition) is 2. The maximum absolute atomic E-state index is 12.5. The largest absolute Gasteiger partial charge is 0.465 e. The second-order valence-corrected chi connectivity index (χ2v) is 22.4. The zero-order valence-corrected chi connectivity index (χ0v) is 46.4. The Kier molecular flexibility index (Phi) is 50.3. The smallest absolute Gasteiger partial charge is 0.309 e. The van der Waals surface area contributed by atoms with Gasteiger partial charge in [-0.05, 0) is 32.1 Å². The van der Waals surface area contributed by atoms with Crippen LogP contribution in [0.3, 0.4) is 0 Å². The number of aliphatic hydroxyl groups excluding tert-OH is 2. The van der Waals surface area contributed by atoms with Crippen molar-refractivity contribution in [3.8, 4) is 0 Å². The summed E-state index contributed by atoms with van der Waals surface area (Å²) in [6.07, 6.45) is 75.7. The Morgan fingerprint density at radius 3 is 0.899 bits per heavy atom. The van der Waals surface area contributed by atoms with Gasteiger partial charge in [-0.25, -0.2) is 0 Å². The summed E-state index contributed by atoms with van der Waals surface area (Å²) in [5.74, 6) is -1.40. The lowest BCUT2D eigenvalue weighted by Crippen LogP contribution is -2.40. The Bertz CT molecular complexity index is 1090. The highest BCUT2D eigenvalue weighted by molar-refractivity contribution is 5.80. The summed E-state index contributed by atoms with van der Waals surface area (Å²) in [7, 11) is 0. The number of carbonyl (C=O) groups excluding carboxylic acids is 2. The molecule has 2 N–H and O–H groups in total. The Hall–Kier alpha value is -1.40. The van der Waals surface area contributed by atoms with Crippen LogP contribution in [0.2, 0.25) is 0 Å². The highest BCUT2D eigenvalue weighted by Crippen LogP contribution is 2.25. The van der Waals surface area contributed by atoms with Gasteiger partial charge in [-0.15, -0.1) is 0 Å². The third-order valence-corrected chi connectivity index (χ3v) is 15.5. The van der Waals surface area contributed by atoms with E-state index in [1.165, 1.54) is 302 Å². The van der Waals surface area contributed by atoms with Crippen LogP contribution in [0.4, 0.5) is 0 Å². The molecule has 0 spiro atoms. The minimum absolute atomic E-state index is 0.00472. The summed E-state index contributed by atoms with van der Waals surface area (Å²) < 4.78 is 10.6. The van der Waals surface area contributed by atoms with Crippen molar-refractivity contribution in [1.82, 2.24) is 0 Å². The van der Waals surface area contributed by atoms with E-state index in [2.05, 4.69) is 19.1 Å². The van der Waals surface area contributed by atoms with Crippen molar-refractivity contribution in [2.24, 2.45) is 11.3 Å². The first-order valence-electron chi connectivity index (χ1n) is 31.3. The lowest BCUT2D eigenvalue weighted by molar-refractivity contribution is -0.155. The zero-order chi connectivity index (χ0) is 49.7. The predicted octanol–water partition coefficient (Wildman–Crippen LogP) is 19.5. The van der Waals surface area contributed by atoms with Gasteiger partial charge in [-0.2, -0.15) is 0 Å². The summed E-state index contributed by atoms with van der Waals surface area (Å²) in [5, 5.41) is 19.2. The standard InChI is InChI=1S/C63H120O6/c1-2-3-4-5-6-7-8-9-10-11-12-13-14-15-16-17-18-19-20-21-22-23-24-25-26-27-28-29-30-31-32-33-34-35-36-37-38-39-40-41-42-43-44-45-46-47-48-49-50-51-52-53-54-60-55-61(66)68-58-63(56-64,57-65)59-69-62(60)67/h22-23,60,64-65H,2-21,24-59H2,1H3/b23-22+. The van der Waals surface area contributed by atoms with Crippen LogP contribution in [-0.4, -0.2) is 48.6 Å². The highest BCUT2D eigenvalue weighted by atomic mass is 16.6. The molecular weight excluding hydrogens is 853 g/mol. The topological polar surface area (TPSA) is 93.1 Å². The van der Waals surface area contributed by atoms with Gasteiger partial charge in [-0.1, -0.05) is 314 Å². The summed E-state index contributed by atoms with van der Waals surface area (Å²) >= 11 is 0. The van der Waals surface area contributed by atoms with E-state index in [0.717, 1.165) is 19.3 Å². The van der Waals surface area contributed by atoms with E-state index in [9.17, 15) is 19.8 Å². The van der Waals surface area contributed by atoms with Crippen molar-refractivity contribution >= 4 is 11.9 Å². The van der Waals surface area contributed by atoms with Crippen molar-refractivity contribution in [3.63, 3.8) is 0 Å². The Balaban J connectivity index is 1.69. The highest BCUT2D eigenvalue weighted by Gasteiger charge is 2.36. The van der Waals surface area contributed by atoms with Gasteiger partial charge in [0, 0.05) is 0 Å². The van der Waals surface area contributed by atoms with E-state index < -0.39 is 36.5 Å². The van der Waals surface area contributed by atoms with Gasteiger partial charge in [0.2, 0.25) is 0 Å². The predicted molar refractivity (Wildman–Crippen MR) is 297 cm³/mol. The van der Waals surface area contributed by atoms with E-state index in [1.54, 1.807) is 0 Å². The first kappa shape index (κ1) is 65.6. The van der Waals surface area contributed by atoms with Crippen LogP contribution < -0.4 is 0 Å². The van der Waals surface area contributed by atoms with Crippen LogP contribution in [0.1, 0.15) is 341 Å². The molecule has 1 heterocycles. The van der Waals surface area contributed by atoms with Gasteiger partial charge in [0.25, 0.3) is 0 Å². The molecule has 69 heavy (non-hydrogen) atoms. The minimum Gasteiger partial charge on any atom is -0.465 e. The van der Waals surface area contributed by atoms with Crippen LogP contribution in [0, 0.1) is 11.3 Å². The third-order valence-electron chi connectivity index (χ3n) is 15.5. The van der Waals surface area contributed by atoms with Gasteiger partial charge in [-0.3, -0.25) is 9.59 Å². The molecule has 1 atom stereocenters. The molecule has 0 aromatic heterocycles. The summed E-state index contributed by atoms with van der Waals surface area (Å²) in [6, 6.07) is 0. The molecule has 6 nitrogen and oxygen atoms in total. The van der Waals surface area contributed by atoms with E-state index in [1.807, 2.05) is 0 Å². The fraction of sp³-hybridized carbons (Fsp3) is 0.937. The first-order valence-corrected chi connectivity index (χ1v) is 31.3. The summed E-state index contributed by atoms with van der Waals surface area (Å²) in [5.41, 5.74) is -1.12. The molecule has 1 aliphatic rings. The normalized spacial score (nSPS) is 15.4. The quantitative estimate of drug-likeness (QED) is 0.0358. The van der Waals surface area contributed by atoms with Crippen LogP contribution >= 0.6 is 0 Å². The fourth-order valence-corrected chi connectivity index (χ4v) is 10.4. The monoisotopic (exact) mass is 973 g/mol. The molecule has 0 aromatic carbocycles. The Morgan fingerprint density at radius 1 is 0.377 bits per heavy atom. The number of aliphatic hydroxyl groups is 2. The molecule has 1 fully saturated rings. The molecule has 0 amide bonds. The Labute approximate surface area is 430 Å². The summed E-state index contributed by atoms with van der Waals surface area (Å²) in [6.45, 7) is 1.21. The Morgan fingerprint density at radius 2 is 0.623 bits per heavy atom.